The number of ether oxygens (including phenoxy) is 13. The van der Waals surface area contributed by atoms with E-state index in [-0.39, 0.29) is 33.0 Å². The molecule has 52 heavy (non-hydrogen) atoms. The van der Waals surface area contributed by atoms with Crippen LogP contribution >= 0.6 is 0 Å². The number of benzene rings is 1. The Morgan fingerprint density at radius 1 is 0.365 bits per heavy atom. The highest BCUT2D eigenvalue weighted by molar-refractivity contribution is 5.72. The molecule has 1 rings (SSSR count). The van der Waals surface area contributed by atoms with Gasteiger partial charge in [-0.1, -0.05) is 0 Å². The summed E-state index contributed by atoms with van der Waals surface area (Å²) in [5.41, 5.74) is 0. The summed E-state index contributed by atoms with van der Waals surface area (Å²) >= 11 is 0. The van der Waals surface area contributed by atoms with Gasteiger partial charge >= 0.3 is 11.9 Å². The van der Waals surface area contributed by atoms with Gasteiger partial charge < -0.3 is 61.6 Å². The fourth-order valence-electron chi connectivity index (χ4n) is 3.41. The number of hydrogen-bond acceptors (Lipinski definition) is 15. The van der Waals surface area contributed by atoms with E-state index in [1.165, 1.54) is 7.11 Å². The van der Waals surface area contributed by atoms with E-state index >= 15 is 0 Å². The fourth-order valence-corrected chi connectivity index (χ4v) is 3.41. The number of halogens is 5. The van der Waals surface area contributed by atoms with E-state index in [1.54, 1.807) is 0 Å². The van der Waals surface area contributed by atoms with Crippen LogP contribution in [0, 0.1) is 29.1 Å². The quantitative estimate of drug-likeness (QED) is 0.0244. The molecule has 0 saturated heterocycles. The topological polar surface area (TPSA) is 154 Å². The molecule has 0 aliphatic carbocycles. The van der Waals surface area contributed by atoms with Gasteiger partial charge in [-0.05, 0) is 0 Å². The summed E-state index contributed by atoms with van der Waals surface area (Å²) in [5.74, 6) is -14.6. The summed E-state index contributed by atoms with van der Waals surface area (Å²) in [6.07, 6.45) is -0.492. The Balaban J connectivity index is 1.73. The van der Waals surface area contributed by atoms with Gasteiger partial charge in [0.15, 0.2) is 0 Å². The lowest BCUT2D eigenvalue weighted by molar-refractivity contribution is -0.146. The molecule has 0 atom stereocenters. The molecule has 302 valence electrons. The third-order valence-corrected chi connectivity index (χ3v) is 6.00. The highest BCUT2D eigenvalue weighted by Crippen LogP contribution is 2.29. The number of rotatable bonds is 36. The van der Waals surface area contributed by atoms with Gasteiger partial charge in [-0.2, -0.15) is 8.78 Å². The van der Waals surface area contributed by atoms with E-state index in [0.29, 0.717) is 112 Å². The molecule has 0 amide bonds. The number of methoxy groups -OCH3 is 1. The lowest BCUT2D eigenvalue weighted by Crippen LogP contribution is -2.16. The van der Waals surface area contributed by atoms with Crippen LogP contribution in [0.4, 0.5) is 22.0 Å². The van der Waals surface area contributed by atoms with Gasteiger partial charge in [-0.25, -0.2) is 18.0 Å². The first kappa shape index (κ1) is 47.4. The van der Waals surface area contributed by atoms with Gasteiger partial charge in [0.05, 0.1) is 152 Å². The Bertz CT molecular complexity index is 1040. The first-order valence-electron chi connectivity index (χ1n) is 16.4. The summed E-state index contributed by atoms with van der Waals surface area (Å²) in [7, 11) is 1.30. The monoisotopic (exact) mass is 768 g/mol. The SMILES string of the molecule is COC(=O)COCCOCCOCCOCCOCCOCCOCCOCCOCCOCCOCCC(=O)Oc1c(F)c(F)c(F)c(F)c1F. The van der Waals surface area contributed by atoms with Crippen LogP contribution in [-0.4, -0.2) is 164 Å². The maximum absolute atomic E-state index is 13.5. The molecule has 20 heteroatoms. The number of hydrogen-bond donors (Lipinski definition) is 0. The Kier molecular flexibility index (Phi) is 30.1. The summed E-state index contributed by atoms with van der Waals surface area (Å²) in [6, 6.07) is 0. The second-order valence-electron chi connectivity index (χ2n) is 9.88. The van der Waals surface area contributed by atoms with Gasteiger partial charge in [0.25, 0.3) is 0 Å². The zero-order chi connectivity index (χ0) is 38.1. The molecule has 0 aromatic heterocycles. The number of carbonyl (C=O) groups excluding carboxylic acids is 2. The van der Waals surface area contributed by atoms with Crippen molar-refractivity contribution in [3.8, 4) is 5.75 Å². The van der Waals surface area contributed by atoms with Crippen molar-refractivity contribution in [2.75, 3.05) is 152 Å². The van der Waals surface area contributed by atoms with Crippen LogP contribution in [-0.2, 0) is 66.4 Å². The largest absolute Gasteiger partial charge is 0.467 e. The maximum atomic E-state index is 13.5. The van der Waals surface area contributed by atoms with Gasteiger partial charge in [0.2, 0.25) is 34.8 Å². The Morgan fingerprint density at radius 2 is 0.615 bits per heavy atom. The van der Waals surface area contributed by atoms with Crippen molar-refractivity contribution >= 4 is 11.9 Å². The second kappa shape index (κ2) is 33.0. The van der Waals surface area contributed by atoms with Gasteiger partial charge in [-0.15, -0.1) is 0 Å². The molecule has 0 unspecified atom stereocenters. The predicted octanol–water partition coefficient (Wildman–Crippen LogP) is 2.03. The van der Waals surface area contributed by atoms with Crippen LogP contribution in [0.2, 0.25) is 0 Å². The molecule has 0 heterocycles. The summed E-state index contributed by atoms with van der Waals surface area (Å²) in [6.45, 7) is 6.96. The van der Waals surface area contributed by atoms with E-state index in [9.17, 15) is 31.5 Å². The molecule has 0 bridgehead atoms. The van der Waals surface area contributed by atoms with Crippen molar-refractivity contribution in [2.45, 2.75) is 6.42 Å². The molecular formula is C32H49F5O15. The maximum Gasteiger partial charge on any atom is 0.331 e. The van der Waals surface area contributed by atoms with Crippen LogP contribution in [0.25, 0.3) is 0 Å². The minimum Gasteiger partial charge on any atom is -0.467 e. The molecule has 0 aliphatic heterocycles. The minimum absolute atomic E-state index is 0.0745. The normalized spacial score (nSPS) is 11.3. The lowest BCUT2D eigenvalue weighted by Gasteiger charge is -2.09. The molecule has 1 aromatic carbocycles. The number of esters is 2. The van der Waals surface area contributed by atoms with Crippen LogP contribution in [0.15, 0.2) is 0 Å². The van der Waals surface area contributed by atoms with Gasteiger partial charge in [-0.3, -0.25) is 4.79 Å². The molecule has 15 nitrogen and oxygen atoms in total. The molecule has 0 saturated carbocycles. The molecule has 1 aromatic rings. The molecule has 0 aliphatic rings. The molecule has 0 radical (unpaired) electrons. The van der Waals surface area contributed by atoms with Crippen LogP contribution in [0.3, 0.4) is 0 Å². The average Bonchev–Trinajstić information content (AvgIpc) is 3.14. The van der Waals surface area contributed by atoms with Crippen molar-refractivity contribution in [3.63, 3.8) is 0 Å². The summed E-state index contributed by atoms with van der Waals surface area (Å²) in [4.78, 5) is 22.5. The third-order valence-electron chi connectivity index (χ3n) is 6.00. The van der Waals surface area contributed by atoms with Crippen molar-refractivity contribution in [2.24, 2.45) is 0 Å². The van der Waals surface area contributed by atoms with E-state index in [0.717, 1.165) is 0 Å². The minimum atomic E-state index is -2.35. The molecule has 0 fully saturated rings. The van der Waals surface area contributed by atoms with Crippen LogP contribution < -0.4 is 4.74 Å². The zero-order valence-electron chi connectivity index (χ0n) is 29.3. The lowest BCUT2D eigenvalue weighted by atomic mass is 10.2. The Labute approximate surface area is 299 Å². The van der Waals surface area contributed by atoms with Gasteiger partial charge in [0.1, 0.15) is 6.61 Å². The first-order chi connectivity index (χ1) is 25.3. The summed E-state index contributed by atoms with van der Waals surface area (Å²) in [5, 5.41) is 0. The predicted molar refractivity (Wildman–Crippen MR) is 168 cm³/mol. The van der Waals surface area contributed by atoms with E-state index < -0.39 is 53.2 Å². The molecular weight excluding hydrogens is 719 g/mol. The summed E-state index contributed by atoms with van der Waals surface area (Å²) < 4.78 is 134. The van der Waals surface area contributed by atoms with E-state index in [4.69, 9.17) is 52.1 Å². The molecule has 0 N–H and O–H groups in total. The standard InChI is InChI=1S/C32H49F5O15/c1-40-26(39)24-51-23-22-50-21-20-49-19-18-48-17-16-47-15-14-46-13-12-45-11-10-44-9-8-43-7-6-42-5-4-41-3-2-25(38)52-32-30(36)28(34)27(33)29(35)31(32)37/h2-24H2,1H3. The fraction of sp³-hybridized carbons (Fsp3) is 0.750. The average molecular weight is 769 g/mol. The molecule has 0 spiro atoms. The zero-order valence-corrected chi connectivity index (χ0v) is 29.3. The highest BCUT2D eigenvalue weighted by atomic mass is 19.2. The Hall–Kier alpha value is -2.63. The highest BCUT2D eigenvalue weighted by Gasteiger charge is 2.28. The Morgan fingerprint density at radius 3 is 0.904 bits per heavy atom. The van der Waals surface area contributed by atoms with E-state index in [1.807, 2.05) is 0 Å². The van der Waals surface area contributed by atoms with Crippen LogP contribution in [0.5, 0.6) is 5.75 Å². The van der Waals surface area contributed by atoms with E-state index in [2.05, 4.69) is 9.47 Å². The smallest absolute Gasteiger partial charge is 0.331 e. The van der Waals surface area contributed by atoms with Crippen molar-refractivity contribution in [1.82, 2.24) is 0 Å². The second-order valence-corrected chi connectivity index (χ2v) is 9.88. The van der Waals surface area contributed by atoms with Crippen LogP contribution in [0.1, 0.15) is 6.42 Å². The van der Waals surface area contributed by atoms with Crippen molar-refractivity contribution < 1.29 is 93.1 Å². The van der Waals surface area contributed by atoms with Gasteiger partial charge in [0, 0.05) is 0 Å². The number of carbonyl (C=O) groups is 2. The van der Waals surface area contributed by atoms with Crippen molar-refractivity contribution in [3.05, 3.63) is 29.1 Å². The third kappa shape index (κ3) is 24.6. The van der Waals surface area contributed by atoms with Crippen molar-refractivity contribution in [1.29, 1.82) is 0 Å². The first-order valence-corrected chi connectivity index (χ1v) is 16.4.